The van der Waals surface area contributed by atoms with E-state index in [-0.39, 0.29) is 11.7 Å². The number of nitrogens with zero attached hydrogens (tertiary/aromatic N) is 3. The monoisotopic (exact) mass is 366 g/mol. The number of fused-ring (bicyclic) bond motifs is 1. The number of aromatic amines is 1. The number of carbonyl (C=O) groups excluding carboxylic acids is 2. The highest BCUT2D eigenvalue weighted by Gasteiger charge is 2.43. The summed E-state index contributed by atoms with van der Waals surface area (Å²) < 4.78 is 0. The molecule has 1 amide bonds. The summed E-state index contributed by atoms with van der Waals surface area (Å²) in [4.78, 5) is 38.6. The molecule has 1 aliphatic carbocycles. The van der Waals surface area contributed by atoms with E-state index < -0.39 is 0 Å². The lowest BCUT2D eigenvalue weighted by Crippen LogP contribution is -2.27. The van der Waals surface area contributed by atoms with Gasteiger partial charge in [0.25, 0.3) is 0 Å². The first-order valence-corrected chi connectivity index (χ1v) is 9.88. The van der Waals surface area contributed by atoms with Crippen molar-refractivity contribution in [3.8, 4) is 0 Å². The quantitative estimate of drug-likeness (QED) is 0.603. The van der Waals surface area contributed by atoms with Crippen LogP contribution in [0, 0.1) is 17.8 Å². The van der Waals surface area contributed by atoms with Gasteiger partial charge >= 0.3 is 0 Å². The Morgan fingerprint density at radius 2 is 2.19 bits per heavy atom. The van der Waals surface area contributed by atoms with Crippen LogP contribution in [0.4, 0.5) is 0 Å². The van der Waals surface area contributed by atoms with Crippen LogP contribution in [0.3, 0.4) is 0 Å². The van der Waals surface area contributed by atoms with Gasteiger partial charge in [0.15, 0.2) is 11.4 Å². The van der Waals surface area contributed by atoms with Gasteiger partial charge in [0.2, 0.25) is 5.91 Å². The molecule has 0 bridgehead atoms. The van der Waals surface area contributed by atoms with E-state index in [4.69, 9.17) is 4.98 Å². The molecule has 0 spiro atoms. The summed E-state index contributed by atoms with van der Waals surface area (Å²) in [6.07, 6.45) is 9.57. The van der Waals surface area contributed by atoms with Crippen molar-refractivity contribution in [2.45, 2.75) is 39.0 Å². The Balaban J connectivity index is 1.56. The highest BCUT2D eigenvalue weighted by atomic mass is 16.2. The number of H-pyrrole nitrogens is 1. The fourth-order valence-corrected chi connectivity index (χ4v) is 4.35. The Kier molecular flexibility index (Phi) is 4.81. The van der Waals surface area contributed by atoms with Crippen molar-refractivity contribution in [2.24, 2.45) is 17.8 Å². The van der Waals surface area contributed by atoms with E-state index in [1.165, 1.54) is 18.9 Å². The third-order valence-corrected chi connectivity index (χ3v) is 5.88. The second-order valence-corrected chi connectivity index (χ2v) is 7.85. The maximum Gasteiger partial charge on any atom is 0.245 e. The molecule has 4 rings (SSSR count). The van der Waals surface area contributed by atoms with Crippen LogP contribution in [-0.4, -0.2) is 44.6 Å². The van der Waals surface area contributed by atoms with Gasteiger partial charge in [-0.25, -0.2) is 9.97 Å². The third-order valence-electron chi connectivity index (χ3n) is 5.88. The Morgan fingerprint density at radius 1 is 1.37 bits per heavy atom. The Hall–Kier alpha value is -2.50. The minimum absolute atomic E-state index is 0.0165. The molecule has 1 N–H and O–H groups in total. The molecular weight excluding hydrogens is 340 g/mol. The Bertz CT molecular complexity index is 883. The van der Waals surface area contributed by atoms with Gasteiger partial charge < -0.3 is 9.88 Å². The van der Waals surface area contributed by atoms with Crippen molar-refractivity contribution in [1.82, 2.24) is 19.9 Å². The number of nitrogens with one attached hydrogen (secondary N) is 1. The molecule has 6 nitrogen and oxygen atoms in total. The normalized spacial score (nSPS) is 22.3. The number of ketones is 1. The molecule has 2 fully saturated rings. The van der Waals surface area contributed by atoms with Crippen molar-refractivity contribution in [3.63, 3.8) is 0 Å². The van der Waals surface area contributed by atoms with Crippen molar-refractivity contribution >= 4 is 22.9 Å². The number of amides is 1. The molecular formula is C21H26N4O2. The van der Waals surface area contributed by atoms with E-state index in [1.807, 2.05) is 11.8 Å². The summed E-state index contributed by atoms with van der Waals surface area (Å²) in [5.41, 5.74) is 2.86. The van der Waals surface area contributed by atoms with Gasteiger partial charge in [-0.15, -0.1) is 0 Å². The molecule has 1 aliphatic heterocycles. The van der Waals surface area contributed by atoms with E-state index in [0.717, 1.165) is 37.5 Å². The van der Waals surface area contributed by atoms with Crippen molar-refractivity contribution in [3.05, 3.63) is 36.3 Å². The molecule has 3 heterocycles. The Labute approximate surface area is 159 Å². The van der Waals surface area contributed by atoms with Crippen LogP contribution in [0.25, 0.3) is 11.2 Å². The van der Waals surface area contributed by atoms with Gasteiger partial charge in [-0.3, -0.25) is 9.59 Å². The number of likely N-dealkylation sites (tertiary alicyclic amines) is 1. The van der Waals surface area contributed by atoms with Crippen LogP contribution in [0.15, 0.2) is 25.0 Å². The molecule has 0 unspecified atom stereocenters. The van der Waals surface area contributed by atoms with E-state index in [0.29, 0.717) is 35.0 Å². The van der Waals surface area contributed by atoms with Crippen LogP contribution >= 0.6 is 0 Å². The van der Waals surface area contributed by atoms with E-state index >= 15 is 0 Å². The summed E-state index contributed by atoms with van der Waals surface area (Å²) in [6, 6.07) is 0. The number of carbonyl (C=O) groups is 2. The maximum atomic E-state index is 12.3. The molecule has 1 saturated heterocycles. The predicted molar refractivity (Wildman–Crippen MR) is 103 cm³/mol. The summed E-state index contributed by atoms with van der Waals surface area (Å²) >= 11 is 0. The lowest BCUT2D eigenvalue weighted by atomic mass is 9.88. The smallest absolute Gasteiger partial charge is 0.245 e. The molecule has 1 saturated carbocycles. The van der Waals surface area contributed by atoms with Gasteiger partial charge in [-0.2, -0.15) is 0 Å². The van der Waals surface area contributed by atoms with E-state index in [2.05, 4.69) is 16.5 Å². The molecule has 142 valence electrons. The van der Waals surface area contributed by atoms with Gasteiger partial charge in [0, 0.05) is 25.7 Å². The largest absolute Gasteiger partial charge is 0.344 e. The Morgan fingerprint density at radius 3 is 2.89 bits per heavy atom. The summed E-state index contributed by atoms with van der Waals surface area (Å²) in [7, 11) is 0. The molecule has 2 atom stereocenters. The SMILES string of the molecule is C=CC(=O)N1C[C@H](Cc2cnc3[nH]cc(C(=O)CCC)c3n2)[C@H](C2CC2)C1. The number of hydrogen-bond acceptors (Lipinski definition) is 4. The zero-order valence-corrected chi connectivity index (χ0v) is 15.8. The summed E-state index contributed by atoms with van der Waals surface area (Å²) in [5.74, 6) is 1.77. The predicted octanol–water partition coefficient (Wildman–Crippen LogP) is 3.15. The van der Waals surface area contributed by atoms with E-state index in [1.54, 1.807) is 12.4 Å². The van der Waals surface area contributed by atoms with Crippen molar-refractivity contribution in [1.29, 1.82) is 0 Å². The van der Waals surface area contributed by atoms with Crippen LogP contribution in [-0.2, 0) is 11.2 Å². The van der Waals surface area contributed by atoms with E-state index in [9.17, 15) is 9.59 Å². The van der Waals surface area contributed by atoms with Gasteiger partial charge in [0.1, 0.15) is 5.52 Å². The lowest BCUT2D eigenvalue weighted by molar-refractivity contribution is -0.125. The molecule has 27 heavy (non-hydrogen) atoms. The molecule has 2 aromatic heterocycles. The highest BCUT2D eigenvalue weighted by molar-refractivity contribution is 6.05. The van der Waals surface area contributed by atoms with Crippen LogP contribution in [0.2, 0.25) is 0 Å². The average molecular weight is 366 g/mol. The first kappa shape index (κ1) is 17.9. The van der Waals surface area contributed by atoms with Gasteiger partial charge in [0.05, 0.1) is 17.5 Å². The molecule has 2 aliphatic rings. The van der Waals surface area contributed by atoms with Crippen LogP contribution in [0.5, 0.6) is 0 Å². The fourth-order valence-electron chi connectivity index (χ4n) is 4.35. The number of aromatic nitrogens is 3. The second kappa shape index (κ2) is 7.25. The number of rotatable bonds is 7. The standard InChI is InChI=1S/C21H26N4O2/c1-3-5-18(26)16-10-23-21-20(16)24-15(9-22-21)8-14-11-25(19(27)4-2)12-17(14)13-6-7-13/h4,9-10,13-14,17H,2-3,5-8,11-12H2,1H3,(H,22,23)/t14-,17-/m0/s1. The zero-order chi connectivity index (χ0) is 19.0. The van der Waals surface area contributed by atoms with Crippen LogP contribution in [0.1, 0.15) is 48.7 Å². The first-order valence-electron chi connectivity index (χ1n) is 9.88. The fraction of sp³-hybridized carbons (Fsp3) is 0.524. The van der Waals surface area contributed by atoms with Gasteiger partial charge in [-0.1, -0.05) is 13.5 Å². The van der Waals surface area contributed by atoms with Crippen LogP contribution < -0.4 is 0 Å². The molecule has 0 aromatic carbocycles. The number of Topliss-reactive ketones (excluding diaryl/α,β-unsaturated/α-hetero) is 1. The lowest BCUT2D eigenvalue weighted by Gasteiger charge is -2.16. The second-order valence-electron chi connectivity index (χ2n) is 7.85. The summed E-state index contributed by atoms with van der Waals surface area (Å²) in [6.45, 7) is 7.19. The first-order chi connectivity index (χ1) is 13.1. The van der Waals surface area contributed by atoms with Crippen molar-refractivity contribution < 1.29 is 9.59 Å². The topological polar surface area (TPSA) is 79.0 Å². The minimum atomic E-state index is 0.0165. The minimum Gasteiger partial charge on any atom is -0.344 e. The molecule has 6 heteroatoms. The number of hydrogen-bond donors (Lipinski definition) is 1. The molecule has 0 radical (unpaired) electrons. The zero-order valence-electron chi connectivity index (χ0n) is 15.8. The van der Waals surface area contributed by atoms with Crippen molar-refractivity contribution in [2.75, 3.05) is 13.1 Å². The average Bonchev–Trinajstić information content (AvgIpc) is 3.29. The summed E-state index contributed by atoms with van der Waals surface area (Å²) in [5, 5.41) is 0. The maximum absolute atomic E-state index is 12.3. The molecule has 2 aromatic rings. The highest BCUT2D eigenvalue weighted by Crippen LogP contribution is 2.44. The third kappa shape index (κ3) is 3.53. The van der Waals surface area contributed by atoms with Gasteiger partial charge in [-0.05, 0) is 49.5 Å².